The van der Waals surface area contributed by atoms with Crippen LogP contribution in [0.3, 0.4) is 0 Å². The van der Waals surface area contributed by atoms with Crippen molar-refractivity contribution in [1.29, 1.82) is 0 Å². The highest BCUT2D eigenvalue weighted by atomic mass is 35.5. The number of amides is 1. The minimum absolute atomic E-state index is 0.00262. The molecule has 0 heterocycles. The summed E-state index contributed by atoms with van der Waals surface area (Å²) in [5, 5.41) is 13.5. The van der Waals surface area contributed by atoms with Gasteiger partial charge in [0.15, 0.2) is 0 Å². The van der Waals surface area contributed by atoms with Crippen molar-refractivity contribution in [1.82, 2.24) is 4.31 Å². The first-order chi connectivity index (χ1) is 13.7. The van der Waals surface area contributed by atoms with E-state index in [2.05, 4.69) is 5.32 Å². The molecule has 0 spiro atoms. The summed E-state index contributed by atoms with van der Waals surface area (Å²) in [6.45, 7) is 4.17. The monoisotopic (exact) mass is 437 g/mol. The second kappa shape index (κ2) is 9.64. The number of carbonyl (C=O) groups is 1. The molecule has 0 radical (unpaired) electrons. The fourth-order valence-electron chi connectivity index (χ4n) is 2.58. The van der Waals surface area contributed by atoms with E-state index in [1.807, 2.05) is 0 Å². The maximum Gasteiger partial charge on any atom is 0.288 e. The molecule has 0 unspecified atom stereocenters. The summed E-state index contributed by atoms with van der Waals surface area (Å²) in [5.74, 6) is -0.514. The minimum atomic E-state index is -3.64. The third kappa shape index (κ3) is 5.63. The van der Waals surface area contributed by atoms with Gasteiger partial charge in [-0.2, -0.15) is 4.31 Å². The lowest BCUT2D eigenvalue weighted by Crippen LogP contribution is -2.30. The quantitative estimate of drug-likeness (QED) is 0.382. The predicted molar refractivity (Wildman–Crippen MR) is 112 cm³/mol. The Labute approximate surface area is 174 Å². The molecule has 0 saturated carbocycles. The van der Waals surface area contributed by atoms with Crippen molar-refractivity contribution in [2.24, 2.45) is 0 Å². The van der Waals surface area contributed by atoms with Gasteiger partial charge >= 0.3 is 0 Å². The number of benzene rings is 2. The summed E-state index contributed by atoms with van der Waals surface area (Å²) in [4.78, 5) is 22.6. The average molecular weight is 438 g/mol. The van der Waals surface area contributed by atoms with Crippen molar-refractivity contribution < 1.29 is 18.1 Å². The Morgan fingerprint density at radius 2 is 1.90 bits per heavy atom. The number of sulfonamides is 1. The second-order valence-electron chi connectivity index (χ2n) is 5.91. The Morgan fingerprint density at radius 3 is 2.52 bits per heavy atom. The number of rotatable bonds is 8. The number of hydrogen-bond acceptors (Lipinski definition) is 5. The summed E-state index contributed by atoms with van der Waals surface area (Å²) in [7, 11) is -3.64. The minimum Gasteiger partial charge on any atom is -0.322 e. The molecule has 2 aromatic carbocycles. The van der Waals surface area contributed by atoms with E-state index in [4.69, 9.17) is 11.6 Å². The Balaban J connectivity index is 2.17. The standard InChI is InChI=1S/C19H20ClN3O5S/c1-3-22(4-2)29(27,28)16-7-5-6-15(13-16)21-19(24)11-9-14-8-10-17(20)18(12-14)23(25)26/h5-13H,3-4H2,1-2H3,(H,21,24)/b11-9+. The molecule has 0 fully saturated rings. The highest BCUT2D eigenvalue weighted by molar-refractivity contribution is 7.89. The van der Waals surface area contributed by atoms with Gasteiger partial charge in [-0.3, -0.25) is 14.9 Å². The molecule has 10 heteroatoms. The predicted octanol–water partition coefficient (Wildman–Crippen LogP) is 3.93. The highest BCUT2D eigenvalue weighted by Gasteiger charge is 2.21. The third-order valence-electron chi connectivity index (χ3n) is 4.04. The van der Waals surface area contributed by atoms with Crippen LogP contribution in [0.1, 0.15) is 19.4 Å². The van der Waals surface area contributed by atoms with E-state index >= 15 is 0 Å². The molecule has 8 nitrogen and oxygen atoms in total. The summed E-state index contributed by atoms with van der Waals surface area (Å²) in [6.07, 6.45) is 2.59. The van der Waals surface area contributed by atoms with Gasteiger partial charge in [0.05, 0.1) is 9.82 Å². The van der Waals surface area contributed by atoms with Gasteiger partial charge in [-0.05, 0) is 35.9 Å². The number of nitro benzene ring substituents is 1. The topological polar surface area (TPSA) is 110 Å². The molecule has 2 aromatic rings. The number of hydrogen-bond donors (Lipinski definition) is 1. The summed E-state index contributed by atoms with van der Waals surface area (Å²) in [5.41, 5.74) is 0.479. The lowest BCUT2D eigenvalue weighted by atomic mass is 10.2. The van der Waals surface area contributed by atoms with Crippen LogP contribution in [0.5, 0.6) is 0 Å². The van der Waals surface area contributed by atoms with Gasteiger partial charge in [-0.1, -0.05) is 37.6 Å². The molecule has 0 bridgehead atoms. The number of nitro groups is 1. The van der Waals surface area contributed by atoms with Crippen molar-refractivity contribution in [3.05, 3.63) is 69.2 Å². The van der Waals surface area contributed by atoms with E-state index in [0.29, 0.717) is 24.3 Å². The number of nitrogens with zero attached hydrogens (tertiary/aromatic N) is 2. The van der Waals surface area contributed by atoms with Crippen LogP contribution < -0.4 is 5.32 Å². The number of carbonyl (C=O) groups excluding carboxylic acids is 1. The normalized spacial score (nSPS) is 11.7. The molecule has 154 valence electrons. The van der Waals surface area contributed by atoms with Crippen LogP contribution in [0, 0.1) is 10.1 Å². The highest BCUT2D eigenvalue weighted by Crippen LogP contribution is 2.25. The molecule has 0 aliphatic rings. The SMILES string of the molecule is CCN(CC)S(=O)(=O)c1cccc(NC(=O)/C=C/c2ccc(Cl)c([N+](=O)[O-])c2)c1. The van der Waals surface area contributed by atoms with Crippen LogP contribution in [-0.2, 0) is 14.8 Å². The van der Waals surface area contributed by atoms with E-state index in [1.165, 1.54) is 52.9 Å². The van der Waals surface area contributed by atoms with Crippen molar-refractivity contribution >= 4 is 45.0 Å². The Hall–Kier alpha value is -2.75. The zero-order chi connectivity index (χ0) is 21.6. The van der Waals surface area contributed by atoms with Gasteiger partial charge in [-0.25, -0.2) is 8.42 Å². The summed E-state index contributed by atoms with van der Waals surface area (Å²) < 4.78 is 26.5. The van der Waals surface area contributed by atoms with Crippen molar-refractivity contribution in [2.75, 3.05) is 18.4 Å². The van der Waals surface area contributed by atoms with Crippen LogP contribution in [0.4, 0.5) is 11.4 Å². The van der Waals surface area contributed by atoms with Crippen LogP contribution >= 0.6 is 11.6 Å². The molecule has 0 aromatic heterocycles. The fourth-order valence-corrected chi connectivity index (χ4v) is 4.27. The second-order valence-corrected chi connectivity index (χ2v) is 8.25. The van der Waals surface area contributed by atoms with Crippen molar-refractivity contribution in [3.63, 3.8) is 0 Å². The largest absolute Gasteiger partial charge is 0.322 e. The molecule has 0 saturated heterocycles. The van der Waals surface area contributed by atoms with E-state index in [-0.39, 0.29) is 15.6 Å². The molecule has 29 heavy (non-hydrogen) atoms. The van der Waals surface area contributed by atoms with Crippen molar-refractivity contribution in [3.8, 4) is 0 Å². The molecule has 0 aliphatic heterocycles. The maximum atomic E-state index is 12.6. The average Bonchev–Trinajstić information content (AvgIpc) is 2.68. The van der Waals surface area contributed by atoms with Gasteiger partial charge < -0.3 is 5.32 Å². The smallest absolute Gasteiger partial charge is 0.288 e. The van der Waals surface area contributed by atoms with Crippen LogP contribution in [0.2, 0.25) is 5.02 Å². The van der Waals surface area contributed by atoms with Gasteiger partial charge in [-0.15, -0.1) is 0 Å². The zero-order valence-electron chi connectivity index (χ0n) is 15.8. The lowest BCUT2D eigenvalue weighted by Gasteiger charge is -2.18. The van der Waals surface area contributed by atoms with Gasteiger partial charge in [0.25, 0.3) is 5.69 Å². The summed E-state index contributed by atoms with van der Waals surface area (Å²) in [6, 6.07) is 10.1. The molecular weight excluding hydrogens is 418 g/mol. The van der Waals surface area contributed by atoms with Gasteiger partial charge in [0, 0.05) is 30.9 Å². The van der Waals surface area contributed by atoms with Crippen LogP contribution in [0.25, 0.3) is 6.08 Å². The Bertz CT molecular complexity index is 1050. The number of anilines is 1. The molecular formula is C19H20ClN3O5S. The maximum absolute atomic E-state index is 12.6. The number of nitrogens with one attached hydrogen (secondary N) is 1. The van der Waals surface area contributed by atoms with Crippen LogP contribution in [-0.4, -0.2) is 36.6 Å². The van der Waals surface area contributed by atoms with E-state index in [0.717, 1.165) is 0 Å². The molecule has 1 amide bonds. The molecule has 0 aliphatic carbocycles. The van der Waals surface area contributed by atoms with E-state index < -0.39 is 20.9 Å². The first-order valence-corrected chi connectivity index (χ1v) is 10.5. The lowest BCUT2D eigenvalue weighted by molar-refractivity contribution is -0.384. The van der Waals surface area contributed by atoms with Crippen LogP contribution in [0.15, 0.2) is 53.4 Å². The number of halogens is 1. The Morgan fingerprint density at radius 1 is 1.21 bits per heavy atom. The third-order valence-corrected chi connectivity index (χ3v) is 6.40. The van der Waals surface area contributed by atoms with Gasteiger partial charge in [0.2, 0.25) is 15.9 Å². The van der Waals surface area contributed by atoms with Gasteiger partial charge in [0.1, 0.15) is 5.02 Å². The van der Waals surface area contributed by atoms with E-state index in [1.54, 1.807) is 19.9 Å². The van der Waals surface area contributed by atoms with E-state index in [9.17, 15) is 23.3 Å². The first kappa shape index (κ1) is 22.5. The fraction of sp³-hybridized carbons (Fsp3) is 0.211. The molecule has 2 rings (SSSR count). The van der Waals surface area contributed by atoms with Crippen molar-refractivity contribution in [2.45, 2.75) is 18.7 Å². The Kier molecular flexibility index (Phi) is 7.49. The first-order valence-electron chi connectivity index (χ1n) is 8.72. The zero-order valence-corrected chi connectivity index (χ0v) is 17.4. The summed E-state index contributed by atoms with van der Waals surface area (Å²) >= 11 is 5.76. The molecule has 0 atom stereocenters. The molecule has 1 N–H and O–H groups in total.